The molecule has 0 spiro atoms. The Morgan fingerprint density at radius 3 is 2.41 bits per heavy atom. The van der Waals surface area contributed by atoms with Gasteiger partial charge in [0.25, 0.3) is 0 Å². The van der Waals surface area contributed by atoms with Crippen molar-refractivity contribution in [2.75, 3.05) is 0 Å². The predicted molar refractivity (Wildman–Crippen MR) is 80.2 cm³/mol. The largest absolute Gasteiger partial charge is 0.422 e. The van der Waals surface area contributed by atoms with E-state index in [2.05, 4.69) is 12.6 Å². The van der Waals surface area contributed by atoms with Crippen molar-refractivity contribution in [3.8, 4) is 11.1 Å². The number of thiol groups is 1. The summed E-state index contributed by atoms with van der Waals surface area (Å²) in [5.41, 5.74) is -1.71. The highest BCUT2D eigenvalue weighted by Crippen LogP contribution is 2.36. The molecule has 0 amide bonds. The SMILES string of the molecule is O=c1oc2cc(S)ccc2cc1-c1ccccc1C(F)(F)F. The average Bonchev–Trinajstić information content (AvgIpc) is 2.45. The van der Waals surface area contributed by atoms with E-state index in [1.54, 1.807) is 18.2 Å². The fourth-order valence-corrected chi connectivity index (χ4v) is 2.44. The van der Waals surface area contributed by atoms with E-state index in [1.807, 2.05) is 0 Å². The van der Waals surface area contributed by atoms with E-state index in [9.17, 15) is 18.0 Å². The molecule has 112 valence electrons. The molecule has 0 bridgehead atoms. The van der Waals surface area contributed by atoms with E-state index in [4.69, 9.17) is 4.42 Å². The number of halogens is 3. The standard InChI is InChI=1S/C16H9F3O2S/c17-16(18,19)13-4-2-1-3-11(13)12-7-9-5-6-10(22)8-14(9)21-15(12)20/h1-8,22H. The van der Waals surface area contributed by atoms with Gasteiger partial charge in [-0.25, -0.2) is 4.79 Å². The molecule has 0 aliphatic carbocycles. The molecule has 0 saturated heterocycles. The Balaban J connectivity index is 2.30. The smallest absolute Gasteiger partial charge is 0.417 e. The maximum absolute atomic E-state index is 13.1. The number of hydrogen-bond donors (Lipinski definition) is 1. The van der Waals surface area contributed by atoms with Gasteiger partial charge in [0, 0.05) is 15.8 Å². The second-order valence-electron chi connectivity index (χ2n) is 4.71. The van der Waals surface area contributed by atoms with Crippen molar-refractivity contribution >= 4 is 23.6 Å². The minimum atomic E-state index is -4.55. The molecule has 3 aromatic rings. The Morgan fingerprint density at radius 1 is 0.955 bits per heavy atom. The molecule has 22 heavy (non-hydrogen) atoms. The maximum Gasteiger partial charge on any atom is 0.417 e. The zero-order chi connectivity index (χ0) is 15.9. The number of fused-ring (bicyclic) bond motifs is 1. The van der Waals surface area contributed by atoms with Crippen LogP contribution in [-0.2, 0) is 6.18 Å². The van der Waals surface area contributed by atoms with Crippen molar-refractivity contribution in [3.63, 3.8) is 0 Å². The van der Waals surface area contributed by atoms with Gasteiger partial charge in [-0.1, -0.05) is 24.3 Å². The van der Waals surface area contributed by atoms with Crippen molar-refractivity contribution in [2.45, 2.75) is 11.1 Å². The van der Waals surface area contributed by atoms with E-state index >= 15 is 0 Å². The van der Waals surface area contributed by atoms with Crippen molar-refractivity contribution in [3.05, 3.63) is 64.5 Å². The zero-order valence-corrected chi connectivity index (χ0v) is 11.9. The highest BCUT2D eigenvalue weighted by molar-refractivity contribution is 7.80. The van der Waals surface area contributed by atoms with E-state index in [1.165, 1.54) is 24.3 Å². The molecule has 6 heteroatoms. The lowest BCUT2D eigenvalue weighted by molar-refractivity contribution is -0.137. The van der Waals surface area contributed by atoms with Gasteiger partial charge in [-0.05, 0) is 24.3 Å². The Labute approximate surface area is 128 Å². The van der Waals surface area contributed by atoms with E-state index in [-0.39, 0.29) is 16.7 Å². The summed E-state index contributed by atoms with van der Waals surface area (Å²) in [6, 6.07) is 11.2. The van der Waals surface area contributed by atoms with Crippen LogP contribution in [-0.4, -0.2) is 0 Å². The fraction of sp³-hybridized carbons (Fsp3) is 0.0625. The average molecular weight is 322 g/mol. The molecule has 0 radical (unpaired) electrons. The molecule has 3 rings (SSSR count). The lowest BCUT2D eigenvalue weighted by Gasteiger charge is -2.12. The molecule has 0 fully saturated rings. The van der Waals surface area contributed by atoms with Gasteiger partial charge in [0.15, 0.2) is 0 Å². The maximum atomic E-state index is 13.1. The third-order valence-electron chi connectivity index (χ3n) is 3.24. The van der Waals surface area contributed by atoms with Gasteiger partial charge >= 0.3 is 11.8 Å². The van der Waals surface area contributed by atoms with Gasteiger partial charge < -0.3 is 4.42 Å². The summed E-state index contributed by atoms with van der Waals surface area (Å²) < 4.78 is 44.4. The van der Waals surface area contributed by atoms with Gasteiger partial charge in [0.1, 0.15) is 5.58 Å². The first-order chi connectivity index (χ1) is 10.4. The Bertz CT molecular complexity index is 913. The quantitative estimate of drug-likeness (QED) is 0.517. The first-order valence-electron chi connectivity index (χ1n) is 6.30. The minimum Gasteiger partial charge on any atom is -0.422 e. The fourth-order valence-electron chi connectivity index (χ4n) is 2.25. The lowest BCUT2D eigenvalue weighted by Crippen LogP contribution is -2.10. The van der Waals surface area contributed by atoms with E-state index in [0.29, 0.717) is 10.3 Å². The van der Waals surface area contributed by atoms with Crippen LogP contribution in [0.25, 0.3) is 22.1 Å². The summed E-state index contributed by atoms with van der Waals surface area (Å²) in [6.07, 6.45) is -4.55. The van der Waals surface area contributed by atoms with Crippen LogP contribution in [0.3, 0.4) is 0 Å². The number of benzene rings is 2. The summed E-state index contributed by atoms with van der Waals surface area (Å²) in [5.74, 6) is 0. The third-order valence-corrected chi connectivity index (χ3v) is 3.52. The highest BCUT2D eigenvalue weighted by atomic mass is 32.1. The monoisotopic (exact) mass is 322 g/mol. The second kappa shape index (κ2) is 5.21. The van der Waals surface area contributed by atoms with Crippen molar-refractivity contribution in [1.82, 2.24) is 0 Å². The first kappa shape index (κ1) is 14.7. The topological polar surface area (TPSA) is 30.2 Å². The Kier molecular flexibility index (Phi) is 3.48. The molecule has 0 atom stereocenters. The summed E-state index contributed by atoms with van der Waals surface area (Å²) >= 11 is 4.13. The number of hydrogen-bond acceptors (Lipinski definition) is 3. The van der Waals surface area contributed by atoms with Crippen LogP contribution >= 0.6 is 12.6 Å². The van der Waals surface area contributed by atoms with Crippen molar-refractivity contribution in [1.29, 1.82) is 0 Å². The number of rotatable bonds is 1. The second-order valence-corrected chi connectivity index (χ2v) is 5.23. The van der Waals surface area contributed by atoms with Gasteiger partial charge in [-0.2, -0.15) is 13.2 Å². The molecular weight excluding hydrogens is 313 g/mol. The van der Waals surface area contributed by atoms with Crippen LogP contribution in [0.4, 0.5) is 13.2 Å². The third kappa shape index (κ3) is 2.62. The lowest BCUT2D eigenvalue weighted by atomic mass is 10.00. The summed E-state index contributed by atoms with van der Waals surface area (Å²) in [6.45, 7) is 0. The van der Waals surface area contributed by atoms with Crippen LogP contribution in [0.5, 0.6) is 0 Å². The Hall–Kier alpha value is -2.21. The molecule has 0 unspecified atom stereocenters. The summed E-state index contributed by atoms with van der Waals surface area (Å²) in [5, 5.41) is 0.532. The van der Waals surface area contributed by atoms with Crippen molar-refractivity contribution < 1.29 is 17.6 Å². The molecule has 2 aromatic carbocycles. The molecular formula is C16H9F3O2S. The van der Waals surface area contributed by atoms with Gasteiger partial charge in [0.2, 0.25) is 0 Å². The van der Waals surface area contributed by atoms with Crippen molar-refractivity contribution in [2.24, 2.45) is 0 Å². The molecule has 0 N–H and O–H groups in total. The normalized spacial score (nSPS) is 11.8. The molecule has 0 aliphatic heterocycles. The van der Waals surface area contributed by atoms with Gasteiger partial charge in [-0.15, -0.1) is 12.6 Å². The van der Waals surface area contributed by atoms with E-state index < -0.39 is 17.4 Å². The predicted octanol–water partition coefficient (Wildman–Crippen LogP) is 4.77. The van der Waals surface area contributed by atoms with Gasteiger partial charge in [0.05, 0.1) is 11.1 Å². The zero-order valence-electron chi connectivity index (χ0n) is 11.0. The summed E-state index contributed by atoms with van der Waals surface area (Å²) in [4.78, 5) is 12.7. The summed E-state index contributed by atoms with van der Waals surface area (Å²) in [7, 11) is 0. The first-order valence-corrected chi connectivity index (χ1v) is 6.74. The molecule has 2 nitrogen and oxygen atoms in total. The van der Waals surface area contributed by atoms with Crippen LogP contribution in [0.15, 0.2) is 62.6 Å². The van der Waals surface area contributed by atoms with Crippen LogP contribution in [0, 0.1) is 0 Å². The number of alkyl halides is 3. The molecule has 0 saturated carbocycles. The van der Waals surface area contributed by atoms with Crippen LogP contribution in [0.1, 0.15) is 5.56 Å². The van der Waals surface area contributed by atoms with Crippen LogP contribution in [0.2, 0.25) is 0 Å². The van der Waals surface area contributed by atoms with E-state index in [0.717, 1.165) is 6.07 Å². The molecule has 1 heterocycles. The molecule has 0 aliphatic rings. The van der Waals surface area contributed by atoms with Crippen LogP contribution < -0.4 is 5.63 Å². The Morgan fingerprint density at radius 2 is 1.68 bits per heavy atom. The van der Waals surface area contributed by atoms with Gasteiger partial charge in [-0.3, -0.25) is 0 Å². The molecule has 1 aromatic heterocycles. The highest BCUT2D eigenvalue weighted by Gasteiger charge is 2.34. The minimum absolute atomic E-state index is 0.118.